The number of rotatable bonds is 7. The molecule has 7 heterocycles. The van der Waals surface area contributed by atoms with Gasteiger partial charge in [0.2, 0.25) is 5.88 Å². The third kappa shape index (κ3) is 5.99. The summed E-state index contributed by atoms with van der Waals surface area (Å²) in [4.78, 5) is 31.6. The number of aromatic amines is 1. The number of halogens is 2. The molecule has 4 aromatic rings. The minimum Gasteiger partial charge on any atom is -0.480 e. The fourth-order valence-electron chi connectivity index (χ4n) is 10.4. The lowest BCUT2D eigenvalue weighted by Gasteiger charge is -2.51. The highest BCUT2D eigenvalue weighted by Gasteiger charge is 2.51. The van der Waals surface area contributed by atoms with Crippen LogP contribution >= 0.6 is 11.6 Å². The minimum absolute atomic E-state index is 0.00335. The highest BCUT2D eigenvalue weighted by Crippen LogP contribution is 2.50. The largest absolute Gasteiger partial charge is 0.480 e. The number of nitrogens with one attached hydrogen (secondary N) is 2. The number of aryl methyl sites for hydroxylation is 1. The highest BCUT2D eigenvalue weighted by atomic mass is 35.5. The molecule has 3 aromatic heterocycles. The normalized spacial score (nSPS) is 30.2. The van der Waals surface area contributed by atoms with Crippen LogP contribution in [-0.4, -0.2) is 106 Å². The van der Waals surface area contributed by atoms with Crippen LogP contribution in [0, 0.1) is 18.2 Å². The highest BCUT2D eigenvalue weighted by molar-refractivity contribution is 6.35. The molecule has 288 valence electrons. The maximum Gasteiger partial charge on any atom is 0.407 e. The molecular formula is C39H48ClFN8O5. The van der Waals surface area contributed by atoms with E-state index in [1.807, 2.05) is 17.9 Å². The van der Waals surface area contributed by atoms with Gasteiger partial charge >= 0.3 is 12.1 Å². The van der Waals surface area contributed by atoms with Gasteiger partial charge in [0.25, 0.3) is 0 Å². The van der Waals surface area contributed by atoms with Crippen molar-refractivity contribution < 1.29 is 28.1 Å². The third-order valence-corrected chi connectivity index (χ3v) is 13.2. The summed E-state index contributed by atoms with van der Waals surface area (Å²) in [5.74, 6) is -0.0966. The van der Waals surface area contributed by atoms with E-state index in [1.54, 1.807) is 6.20 Å². The van der Waals surface area contributed by atoms with Crippen LogP contribution in [0.3, 0.4) is 0 Å². The molecule has 1 saturated carbocycles. The fraction of sp³-hybridized carbons (Fsp3) is 0.615. The maximum absolute atomic E-state index is 17.4. The number of fused-ring (bicyclic) bond motifs is 3. The van der Waals surface area contributed by atoms with Crippen molar-refractivity contribution in [2.45, 2.75) is 108 Å². The Morgan fingerprint density at radius 3 is 2.67 bits per heavy atom. The Labute approximate surface area is 318 Å². The van der Waals surface area contributed by atoms with Crippen LogP contribution in [0.25, 0.3) is 33.1 Å². The smallest absolute Gasteiger partial charge is 0.407 e. The number of carbonyl (C=O) groups excluding carboxylic acids is 1. The van der Waals surface area contributed by atoms with E-state index in [-0.39, 0.29) is 40.7 Å². The Hall–Kier alpha value is -4.01. The van der Waals surface area contributed by atoms with Gasteiger partial charge in [-0.05, 0) is 90.3 Å². The van der Waals surface area contributed by atoms with Crippen molar-refractivity contribution in [3.8, 4) is 23.1 Å². The van der Waals surface area contributed by atoms with Gasteiger partial charge in [-0.3, -0.25) is 10.00 Å². The third-order valence-electron chi connectivity index (χ3n) is 12.7. The molecule has 4 aliphatic heterocycles. The number of hydrogen-bond donors (Lipinski definition) is 2. The van der Waals surface area contributed by atoms with Crippen molar-refractivity contribution >= 4 is 45.3 Å². The number of H-pyrrole nitrogens is 1. The summed E-state index contributed by atoms with van der Waals surface area (Å²) < 4.78 is 41.9. The van der Waals surface area contributed by atoms with E-state index in [1.165, 1.54) is 7.11 Å². The van der Waals surface area contributed by atoms with Crippen molar-refractivity contribution in [1.82, 2.24) is 35.4 Å². The lowest BCUT2D eigenvalue weighted by molar-refractivity contribution is -0.0967. The van der Waals surface area contributed by atoms with Crippen molar-refractivity contribution in [1.29, 1.82) is 0 Å². The SMILES string of the molecule is COc1nc(-c2c(Cl)c(C)cc3[nH]ncc23)c(F)c2nc(OC[C@]34CCC[C@H]3N(C3C[C@@H](C)O[C@@H](C)C3)CCC4)nc(N3CCC[C@]4(CNC(=O)O4)C3)c12. The van der Waals surface area contributed by atoms with Gasteiger partial charge < -0.3 is 29.2 Å². The van der Waals surface area contributed by atoms with Crippen molar-refractivity contribution in [3.63, 3.8) is 0 Å². The van der Waals surface area contributed by atoms with Crippen LogP contribution in [0.2, 0.25) is 5.02 Å². The number of carbonyl (C=O) groups is 1. The Balaban J connectivity index is 1.14. The molecule has 5 aliphatic rings. The van der Waals surface area contributed by atoms with Crippen LogP contribution in [-0.2, 0) is 9.47 Å². The second-order valence-corrected chi connectivity index (χ2v) is 16.7. The number of alkyl carbamates (subject to hydrolysis) is 1. The zero-order chi connectivity index (χ0) is 37.4. The Bertz CT molecular complexity index is 2110. The van der Waals surface area contributed by atoms with Crippen LogP contribution < -0.4 is 19.7 Å². The molecule has 1 aliphatic carbocycles. The summed E-state index contributed by atoms with van der Waals surface area (Å²) in [6.07, 6.45) is 10.6. The molecule has 54 heavy (non-hydrogen) atoms. The molecular weight excluding hydrogens is 715 g/mol. The van der Waals surface area contributed by atoms with Crippen molar-refractivity contribution in [2.24, 2.45) is 5.41 Å². The molecule has 1 spiro atoms. The number of benzene rings is 1. The number of ether oxygens (including phenoxy) is 4. The van der Waals surface area contributed by atoms with E-state index in [4.69, 9.17) is 45.5 Å². The molecule has 1 unspecified atom stereocenters. The first-order valence-corrected chi connectivity index (χ1v) is 19.8. The summed E-state index contributed by atoms with van der Waals surface area (Å²) in [5.41, 5.74) is 1.05. The van der Waals surface area contributed by atoms with E-state index in [2.05, 4.69) is 34.3 Å². The fourth-order valence-corrected chi connectivity index (χ4v) is 10.6. The lowest BCUT2D eigenvalue weighted by Crippen LogP contribution is -2.57. The van der Waals surface area contributed by atoms with Gasteiger partial charge in [0.1, 0.15) is 28.0 Å². The molecule has 5 fully saturated rings. The van der Waals surface area contributed by atoms with Crippen molar-refractivity contribution in [3.05, 3.63) is 28.7 Å². The number of aromatic nitrogens is 5. The molecule has 13 nitrogen and oxygen atoms in total. The topological polar surface area (TPSA) is 140 Å². The molecule has 15 heteroatoms. The second kappa shape index (κ2) is 13.6. The molecule has 1 aromatic carbocycles. The molecule has 0 bridgehead atoms. The van der Waals surface area contributed by atoms with Gasteiger partial charge in [-0.15, -0.1) is 0 Å². The number of pyridine rings is 1. The molecule has 6 atom stereocenters. The minimum atomic E-state index is -0.741. The average molecular weight is 763 g/mol. The van der Waals surface area contributed by atoms with Gasteiger partial charge in [0.05, 0.1) is 55.8 Å². The quantitative estimate of drug-likeness (QED) is 0.207. The van der Waals surface area contributed by atoms with E-state index < -0.39 is 17.5 Å². The van der Waals surface area contributed by atoms with E-state index >= 15 is 4.39 Å². The zero-order valence-corrected chi connectivity index (χ0v) is 32.1. The van der Waals surface area contributed by atoms with Gasteiger partial charge in [-0.1, -0.05) is 18.0 Å². The number of anilines is 1. The summed E-state index contributed by atoms with van der Waals surface area (Å²) in [5, 5.41) is 11.3. The van der Waals surface area contributed by atoms with Crippen LogP contribution in [0.15, 0.2) is 12.3 Å². The molecule has 2 N–H and O–H groups in total. The number of amides is 1. The number of likely N-dealkylation sites (tertiary alicyclic amines) is 1. The monoisotopic (exact) mass is 762 g/mol. The summed E-state index contributed by atoms with van der Waals surface area (Å²) in [6, 6.07) is 2.82. The summed E-state index contributed by atoms with van der Waals surface area (Å²) in [7, 11) is 1.50. The number of piperidine rings is 2. The van der Waals surface area contributed by atoms with Gasteiger partial charge in [-0.25, -0.2) is 14.2 Å². The van der Waals surface area contributed by atoms with Gasteiger partial charge in [0.15, 0.2) is 5.82 Å². The van der Waals surface area contributed by atoms with E-state index in [0.717, 1.165) is 63.5 Å². The average Bonchev–Trinajstić information content (AvgIpc) is 3.90. The molecule has 9 rings (SSSR count). The number of methoxy groups -OCH3 is 1. The van der Waals surface area contributed by atoms with Gasteiger partial charge in [0, 0.05) is 35.0 Å². The first-order valence-electron chi connectivity index (χ1n) is 19.4. The first kappa shape index (κ1) is 35.7. The molecule has 1 amide bonds. The predicted molar refractivity (Wildman–Crippen MR) is 202 cm³/mol. The van der Waals surface area contributed by atoms with Crippen LogP contribution in [0.5, 0.6) is 11.9 Å². The second-order valence-electron chi connectivity index (χ2n) is 16.3. The van der Waals surface area contributed by atoms with Crippen molar-refractivity contribution in [2.75, 3.05) is 44.8 Å². The molecule has 4 saturated heterocycles. The molecule has 0 radical (unpaired) electrons. The summed E-state index contributed by atoms with van der Waals surface area (Å²) in [6.45, 7) is 9.06. The van der Waals surface area contributed by atoms with E-state index in [0.29, 0.717) is 77.4 Å². The standard InChI is InChI=1S/C39H48ClFN8O5/c1-21-14-26-25(17-43-47-26)28(30(21)40)32-31(41)33-29(35(44-32)51-4)34(48-12-7-11-39(19-48)18-42-37(50)54-39)46-36(45-33)52-20-38-9-5-8-27(38)49(13-6-10-38)24-15-22(2)53-23(3)16-24/h14,17,22-24,27H,5-13,15-16,18-20H2,1-4H3,(H,42,50)(H,43,47)/t22-,23+,24?,27-,38-,39+/m1/s1. The zero-order valence-electron chi connectivity index (χ0n) is 31.3. The maximum atomic E-state index is 17.4. The Morgan fingerprint density at radius 1 is 1.09 bits per heavy atom. The van der Waals surface area contributed by atoms with Crippen LogP contribution in [0.1, 0.15) is 77.2 Å². The predicted octanol–water partition coefficient (Wildman–Crippen LogP) is 6.73. The Kier molecular flexibility index (Phi) is 9.00. The first-order chi connectivity index (χ1) is 26.1. The van der Waals surface area contributed by atoms with E-state index in [9.17, 15) is 4.79 Å². The summed E-state index contributed by atoms with van der Waals surface area (Å²) >= 11 is 6.90. The number of hydrogen-bond acceptors (Lipinski definition) is 11. The van der Waals surface area contributed by atoms with Crippen LogP contribution in [0.4, 0.5) is 15.0 Å². The lowest BCUT2D eigenvalue weighted by atomic mass is 9.74. The number of nitrogens with zero attached hydrogens (tertiary/aromatic N) is 6. The van der Waals surface area contributed by atoms with Gasteiger partial charge in [-0.2, -0.15) is 15.1 Å². The Morgan fingerprint density at radius 2 is 1.89 bits per heavy atom.